The number of hydrogen-bond acceptors (Lipinski definition) is 5. The van der Waals surface area contributed by atoms with Gasteiger partial charge in [-0.15, -0.1) is 0 Å². The molecule has 2 atom stereocenters. The van der Waals surface area contributed by atoms with Gasteiger partial charge in [0.2, 0.25) is 0 Å². The minimum atomic E-state index is -0.490. The topological polar surface area (TPSA) is 79.5 Å². The van der Waals surface area contributed by atoms with Gasteiger partial charge in [0.05, 0.1) is 16.9 Å². The predicted molar refractivity (Wildman–Crippen MR) is 123 cm³/mol. The second kappa shape index (κ2) is 7.59. The Kier molecular flexibility index (Phi) is 4.85. The van der Waals surface area contributed by atoms with E-state index in [9.17, 15) is 9.18 Å². The van der Waals surface area contributed by atoms with Gasteiger partial charge >= 0.3 is 0 Å². The largest absolute Gasteiger partial charge is 0.367 e. The first-order valence-electron chi connectivity index (χ1n) is 10.7. The molecular formula is C23H26FN7O. The number of carbonyl (C=O) groups excluding carboxylic acids is 1. The van der Waals surface area contributed by atoms with Gasteiger partial charge in [-0.3, -0.25) is 9.48 Å². The molecule has 5 rings (SSSR count). The quantitative estimate of drug-likeness (QED) is 0.515. The third kappa shape index (κ3) is 3.29. The van der Waals surface area contributed by atoms with Crippen molar-refractivity contribution >= 4 is 33.8 Å². The lowest BCUT2D eigenvalue weighted by Crippen LogP contribution is -2.38. The van der Waals surface area contributed by atoms with Gasteiger partial charge in [0.1, 0.15) is 5.52 Å². The lowest BCUT2D eigenvalue weighted by molar-refractivity contribution is 0.102. The fourth-order valence-electron chi connectivity index (χ4n) is 4.75. The standard InChI is InChI=1S/C23H26FN7O/c1-13-10-30-11-15(9-18(24)22(30)26-13)27-23(32)16-5-6-20(17-12-29(4)28-21(16)17)31-8-7-19(25-3)14(31)2/h5-6,9-12,14,19,25H,7-8H2,1-4H3,(H,27,32)/t14-,19+/m0/s1. The Morgan fingerprint density at radius 2 is 2.06 bits per heavy atom. The molecular weight excluding hydrogens is 409 g/mol. The molecule has 1 fully saturated rings. The zero-order valence-electron chi connectivity index (χ0n) is 18.6. The number of hydrogen-bond donors (Lipinski definition) is 2. The van der Waals surface area contributed by atoms with Crippen molar-refractivity contribution < 1.29 is 9.18 Å². The first-order chi connectivity index (χ1) is 15.4. The fourth-order valence-corrected chi connectivity index (χ4v) is 4.75. The Labute approximate surface area is 185 Å². The number of aryl methyl sites for hydroxylation is 2. The van der Waals surface area contributed by atoms with Gasteiger partial charge in [-0.05, 0) is 39.4 Å². The van der Waals surface area contributed by atoms with Crippen molar-refractivity contribution in [3.05, 3.63) is 53.9 Å². The summed E-state index contributed by atoms with van der Waals surface area (Å²) in [5, 5.41) is 11.7. The van der Waals surface area contributed by atoms with Crippen LogP contribution < -0.4 is 15.5 Å². The summed E-state index contributed by atoms with van der Waals surface area (Å²) in [7, 11) is 3.84. The van der Waals surface area contributed by atoms with Crippen molar-refractivity contribution in [3.8, 4) is 0 Å². The molecule has 0 bridgehead atoms. The van der Waals surface area contributed by atoms with Crippen LogP contribution >= 0.6 is 0 Å². The van der Waals surface area contributed by atoms with Crippen LogP contribution in [0.15, 0.2) is 36.8 Å². The van der Waals surface area contributed by atoms with Crippen molar-refractivity contribution in [1.82, 2.24) is 24.5 Å². The summed E-state index contributed by atoms with van der Waals surface area (Å²) in [4.78, 5) is 19.7. The van der Waals surface area contributed by atoms with Crippen LogP contribution in [0.3, 0.4) is 0 Å². The molecule has 1 aliphatic rings. The van der Waals surface area contributed by atoms with Gasteiger partial charge < -0.3 is 19.9 Å². The summed E-state index contributed by atoms with van der Waals surface area (Å²) in [5.41, 5.74) is 3.43. The fraction of sp³-hybridized carbons (Fsp3) is 0.348. The monoisotopic (exact) mass is 435 g/mol. The normalized spacial score (nSPS) is 18.7. The van der Waals surface area contributed by atoms with Crippen molar-refractivity contribution in [1.29, 1.82) is 0 Å². The van der Waals surface area contributed by atoms with Gasteiger partial charge in [0, 0.05) is 61.4 Å². The molecule has 1 amide bonds. The number of aromatic nitrogens is 4. The van der Waals surface area contributed by atoms with E-state index < -0.39 is 5.82 Å². The third-order valence-electron chi connectivity index (χ3n) is 6.33. The summed E-state index contributed by atoms with van der Waals surface area (Å²) in [6, 6.07) is 5.82. The number of amides is 1. The number of nitrogens with zero attached hydrogens (tertiary/aromatic N) is 5. The molecule has 4 aromatic rings. The molecule has 0 unspecified atom stereocenters. The Balaban J connectivity index is 1.50. The minimum Gasteiger partial charge on any atom is -0.367 e. The summed E-state index contributed by atoms with van der Waals surface area (Å²) in [6.45, 7) is 4.94. The molecule has 3 aromatic heterocycles. The van der Waals surface area contributed by atoms with Crippen LogP contribution in [-0.2, 0) is 7.05 Å². The van der Waals surface area contributed by atoms with Crippen molar-refractivity contribution in [2.24, 2.45) is 7.05 Å². The average molecular weight is 436 g/mol. The maximum atomic E-state index is 14.4. The maximum absolute atomic E-state index is 14.4. The lowest BCUT2D eigenvalue weighted by atomic mass is 10.1. The van der Waals surface area contributed by atoms with E-state index >= 15 is 0 Å². The lowest BCUT2D eigenvalue weighted by Gasteiger charge is -2.27. The van der Waals surface area contributed by atoms with E-state index in [1.165, 1.54) is 6.07 Å². The highest BCUT2D eigenvalue weighted by atomic mass is 19.1. The third-order valence-corrected chi connectivity index (χ3v) is 6.33. The summed E-state index contributed by atoms with van der Waals surface area (Å²) < 4.78 is 17.7. The molecule has 1 saturated heterocycles. The summed E-state index contributed by atoms with van der Waals surface area (Å²) >= 11 is 0. The number of anilines is 2. The SMILES string of the molecule is CN[C@@H]1CCN(c2ccc(C(=O)Nc3cc(F)c4nc(C)cn4c3)c3nn(C)cc23)[C@H]1C. The number of fused-ring (bicyclic) bond motifs is 2. The predicted octanol–water partition coefficient (Wildman–Crippen LogP) is 3.11. The van der Waals surface area contributed by atoms with Crippen LogP contribution in [0.2, 0.25) is 0 Å². The number of halogens is 1. The Hall–Kier alpha value is -3.46. The first-order valence-corrected chi connectivity index (χ1v) is 10.7. The van der Waals surface area contributed by atoms with Crippen LogP contribution in [0.4, 0.5) is 15.8 Å². The van der Waals surface area contributed by atoms with Crippen LogP contribution in [0.5, 0.6) is 0 Å². The zero-order valence-corrected chi connectivity index (χ0v) is 18.6. The highest BCUT2D eigenvalue weighted by Gasteiger charge is 2.31. The van der Waals surface area contributed by atoms with E-state index in [1.54, 1.807) is 34.5 Å². The van der Waals surface area contributed by atoms with Gasteiger partial charge in [0.15, 0.2) is 11.5 Å². The Morgan fingerprint density at radius 1 is 1.25 bits per heavy atom. The number of carbonyl (C=O) groups is 1. The second-order valence-electron chi connectivity index (χ2n) is 8.46. The van der Waals surface area contributed by atoms with Crippen LogP contribution in [0.25, 0.3) is 16.6 Å². The van der Waals surface area contributed by atoms with Crippen molar-refractivity contribution in [2.75, 3.05) is 23.8 Å². The smallest absolute Gasteiger partial charge is 0.257 e. The van der Waals surface area contributed by atoms with Gasteiger partial charge in [-0.2, -0.15) is 5.10 Å². The second-order valence-corrected chi connectivity index (χ2v) is 8.46. The number of nitrogens with one attached hydrogen (secondary N) is 2. The molecule has 0 aliphatic carbocycles. The summed E-state index contributed by atoms with van der Waals surface area (Å²) in [6.07, 6.45) is 6.38. The van der Waals surface area contributed by atoms with Crippen LogP contribution in [0.1, 0.15) is 29.4 Å². The summed E-state index contributed by atoms with van der Waals surface area (Å²) in [5.74, 6) is -0.824. The molecule has 166 valence electrons. The van der Waals surface area contributed by atoms with E-state index in [0.29, 0.717) is 34.5 Å². The number of rotatable bonds is 4. The molecule has 0 saturated carbocycles. The van der Waals surface area contributed by atoms with Gasteiger partial charge in [0.25, 0.3) is 5.91 Å². The molecule has 4 heterocycles. The van der Waals surface area contributed by atoms with Crippen LogP contribution in [-0.4, -0.2) is 50.7 Å². The average Bonchev–Trinajstić information content (AvgIpc) is 3.42. The molecule has 9 heteroatoms. The molecule has 8 nitrogen and oxygen atoms in total. The molecule has 2 N–H and O–H groups in total. The van der Waals surface area contributed by atoms with Gasteiger partial charge in [-0.1, -0.05) is 0 Å². The van der Waals surface area contributed by atoms with E-state index in [2.05, 4.69) is 32.5 Å². The highest BCUT2D eigenvalue weighted by Crippen LogP contribution is 2.34. The Morgan fingerprint density at radius 3 is 2.81 bits per heavy atom. The molecule has 0 radical (unpaired) electrons. The number of likely N-dealkylation sites (N-methyl/N-ethyl adjacent to an activating group) is 1. The molecule has 1 aromatic carbocycles. The van der Waals surface area contributed by atoms with Crippen molar-refractivity contribution in [3.63, 3.8) is 0 Å². The number of pyridine rings is 1. The minimum absolute atomic E-state index is 0.233. The number of benzene rings is 1. The zero-order chi connectivity index (χ0) is 22.6. The van der Waals surface area contributed by atoms with Crippen LogP contribution in [0, 0.1) is 12.7 Å². The van der Waals surface area contributed by atoms with E-state index in [-0.39, 0.29) is 11.6 Å². The van der Waals surface area contributed by atoms with Crippen molar-refractivity contribution in [2.45, 2.75) is 32.4 Å². The maximum Gasteiger partial charge on any atom is 0.257 e. The first kappa shape index (κ1) is 20.4. The molecule has 0 spiro atoms. The Bertz CT molecular complexity index is 1340. The molecule has 1 aliphatic heterocycles. The highest BCUT2D eigenvalue weighted by molar-refractivity contribution is 6.14. The number of imidazole rings is 1. The van der Waals surface area contributed by atoms with E-state index in [4.69, 9.17) is 0 Å². The van der Waals surface area contributed by atoms with E-state index in [1.807, 2.05) is 26.4 Å². The molecule has 32 heavy (non-hydrogen) atoms. The van der Waals surface area contributed by atoms with E-state index in [0.717, 1.165) is 24.0 Å². The van der Waals surface area contributed by atoms with Gasteiger partial charge in [-0.25, -0.2) is 9.37 Å².